The molecule has 2 aromatic rings. The third kappa shape index (κ3) is 3.94. The van der Waals surface area contributed by atoms with Gasteiger partial charge in [0.1, 0.15) is 23.1 Å². The van der Waals surface area contributed by atoms with Gasteiger partial charge in [0.15, 0.2) is 0 Å². The Bertz CT molecular complexity index is 925. The molecule has 1 aromatic carbocycles. The van der Waals surface area contributed by atoms with E-state index in [4.69, 9.17) is 0 Å². The zero-order valence-electron chi connectivity index (χ0n) is 14.5. The van der Waals surface area contributed by atoms with Crippen molar-refractivity contribution in [3.05, 3.63) is 41.3 Å². The van der Waals surface area contributed by atoms with Crippen molar-refractivity contribution in [3.8, 4) is 17.3 Å². The number of nitrogens with zero attached hydrogens (tertiary/aromatic N) is 2. The van der Waals surface area contributed by atoms with Gasteiger partial charge in [-0.15, -0.1) is 0 Å². The number of nitriles is 1. The van der Waals surface area contributed by atoms with E-state index in [1.807, 2.05) is 0 Å². The summed E-state index contributed by atoms with van der Waals surface area (Å²) in [7, 11) is -3.21. The molecule has 6 nitrogen and oxygen atoms in total. The SMILES string of the molecule is CCS(=O)(=O)N[C@H]1CC[C@H](c2[nH]nc(-c3cccc(F)c3)c2C#N)CC1. The molecule has 138 valence electrons. The standard InChI is InChI=1S/C18H21FN4O2S/c1-2-26(24,25)23-15-8-6-12(7-9-15)17-16(11-20)18(22-21-17)13-4-3-5-14(19)10-13/h3-5,10,12,15,23H,2,6-9H2,1H3,(H,21,22)/t12-,15-. The lowest BCUT2D eigenvalue weighted by Gasteiger charge is -2.28. The molecular weight excluding hydrogens is 355 g/mol. The number of halogens is 1. The lowest BCUT2D eigenvalue weighted by atomic mass is 9.83. The number of aromatic amines is 1. The van der Waals surface area contributed by atoms with Gasteiger partial charge >= 0.3 is 0 Å². The molecule has 1 fully saturated rings. The predicted octanol–water partition coefficient (Wildman–Crippen LogP) is 3.05. The zero-order chi connectivity index (χ0) is 18.7. The van der Waals surface area contributed by atoms with Gasteiger partial charge in [0.2, 0.25) is 10.0 Å². The molecule has 0 atom stereocenters. The van der Waals surface area contributed by atoms with Crippen LogP contribution in [-0.2, 0) is 10.0 Å². The number of benzene rings is 1. The number of aromatic nitrogens is 2. The topological polar surface area (TPSA) is 98.6 Å². The summed E-state index contributed by atoms with van der Waals surface area (Å²) in [6.07, 6.45) is 2.94. The monoisotopic (exact) mass is 376 g/mol. The first-order valence-electron chi connectivity index (χ1n) is 8.67. The van der Waals surface area contributed by atoms with E-state index in [2.05, 4.69) is 21.0 Å². The van der Waals surface area contributed by atoms with E-state index in [0.29, 0.717) is 29.7 Å². The van der Waals surface area contributed by atoms with Crippen molar-refractivity contribution in [2.45, 2.75) is 44.6 Å². The Morgan fingerprint density at radius 3 is 2.69 bits per heavy atom. The van der Waals surface area contributed by atoms with Gasteiger partial charge < -0.3 is 0 Å². The predicted molar refractivity (Wildman–Crippen MR) is 96.3 cm³/mol. The second-order valence-corrected chi connectivity index (χ2v) is 8.60. The molecule has 0 unspecified atom stereocenters. The van der Waals surface area contributed by atoms with Crippen molar-refractivity contribution in [3.63, 3.8) is 0 Å². The van der Waals surface area contributed by atoms with Crippen LogP contribution in [0.3, 0.4) is 0 Å². The molecule has 1 aromatic heterocycles. The van der Waals surface area contributed by atoms with Gasteiger partial charge in [-0.3, -0.25) is 5.10 Å². The van der Waals surface area contributed by atoms with Gasteiger partial charge in [-0.1, -0.05) is 12.1 Å². The molecule has 2 N–H and O–H groups in total. The van der Waals surface area contributed by atoms with Crippen LogP contribution in [-0.4, -0.2) is 30.4 Å². The van der Waals surface area contributed by atoms with E-state index < -0.39 is 10.0 Å². The molecule has 0 radical (unpaired) electrons. The normalized spacial score (nSPS) is 20.7. The molecule has 1 aliphatic carbocycles. The summed E-state index contributed by atoms with van der Waals surface area (Å²) in [6.45, 7) is 1.62. The molecule has 26 heavy (non-hydrogen) atoms. The molecule has 0 saturated heterocycles. The minimum Gasteiger partial charge on any atom is -0.280 e. The van der Waals surface area contributed by atoms with Crippen molar-refractivity contribution < 1.29 is 12.8 Å². The first-order chi connectivity index (χ1) is 12.4. The van der Waals surface area contributed by atoms with Crippen molar-refractivity contribution in [2.75, 3.05) is 5.75 Å². The maximum Gasteiger partial charge on any atom is 0.211 e. The van der Waals surface area contributed by atoms with Crippen LogP contribution >= 0.6 is 0 Å². The fraction of sp³-hybridized carbons (Fsp3) is 0.444. The molecular formula is C18H21FN4O2S. The fourth-order valence-electron chi connectivity index (χ4n) is 3.45. The van der Waals surface area contributed by atoms with Crippen LogP contribution in [0.1, 0.15) is 49.8 Å². The van der Waals surface area contributed by atoms with Crippen LogP contribution < -0.4 is 4.72 Å². The molecule has 1 saturated carbocycles. The lowest BCUT2D eigenvalue weighted by Crippen LogP contribution is -2.38. The summed E-state index contributed by atoms with van der Waals surface area (Å²) in [5, 5.41) is 16.8. The molecule has 8 heteroatoms. The number of nitrogens with one attached hydrogen (secondary N) is 2. The van der Waals surface area contributed by atoms with Gasteiger partial charge in [0.05, 0.1) is 11.4 Å². The van der Waals surface area contributed by atoms with Crippen LogP contribution in [0.5, 0.6) is 0 Å². The summed E-state index contributed by atoms with van der Waals surface area (Å²) in [5.74, 6) is -0.190. The van der Waals surface area contributed by atoms with E-state index in [1.54, 1.807) is 19.1 Å². The molecule has 0 aliphatic heterocycles. The minimum atomic E-state index is -3.21. The van der Waals surface area contributed by atoms with E-state index in [9.17, 15) is 18.1 Å². The molecule has 3 rings (SSSR count). The van der Waals surface area contributed by atoms with Crippen molar-refractivity contribution in [1.82, 2.24) is 14.9 Å². The number of rotatable bonds is 5. The maximum absolute atomic E-state index is 13.5. The number of hydrogen-bond donors (Lipinski definition) is 2. The van der Waals surface area contributed by atoms with E-state index in [1.165, 1.54) is 12.1 Å². The van der Waals surface area contributed by atoms with Crippen molar-refractivity contribution in [1.29, 1.82) is 5.26 Å². The quantitative estimate of drug-likeness (QED) is 0.838. The zero-order valence-corrected chi connectivity index (χ0v) is 15.3. The third-order valence-electron chi connectivity index (χ3n) is 4.87. The highest BCUT2D eigenvalue weighted by Crippen LogP contribution is 2.36. The van der Waals surface area contributed by atoms with Crippen LogP contribution in [0, 0.1) is 17.1 Å². The molecule has 0 amide bonds. The smallest absolute Gasteiger partial charge is 0.211 e. The van der Waals surface area contributed by atoms with Gasteiger partial charge in [-0.2, -0.15) is 10.4 Å². The largest absolute Gasteiger partial charge is 0.280 e. The number of H-pyrrole nitrogens is 1. The van der Waals surface area contributed by atoms with Crippen LogP contribution in [0.15, 0.2) is 24.3 Å². The van der Waals surface area contributed by atoms with E-state index >= 15 is 0 Å². The Balaban J connectivity index is 1.77. The van der Waals surface area contributed by atoms with Gasteiger partial charge in [0.25, 0.3) is 0 Å². The third-order valence-corrected chi connectivity index (χ3v) is 6.32. The second-order valence-electron chi connectivity index (χ2n) is 6.55. The lowest BCUT2D eigenvalue weighted by molar-refractivity contribution is 0.369. The average molecular weight is 376 g/mol. The van der Waals surface area contributed by atoms with Gasteiger partial charge in [0, 0.05) is 17.5 Å². The van der Waals surface area contributed by atoms with Crippen molar-refractivity contribution >= 4 is 10.0 Å². The summed E-state index contributed by atoms with van der Waals surface area (Å²) in [6, 6.07) is 8.15. The number of sulfonamides is 1. The minimum absolute atomic E-state index is 0.0626. The van der Waals surface area contributed by atoms with Crippen LogP contribution in [0.2, 0.25) is 0 Å². The molecule has 0 bridgehead atoms. The molecule has 1 aliphatic rings. The Kier molecular flexibility index (Phi) is 5.39. The number of hydrogen-bond acceptors (Lipinski definition) is 4. The summed E-state index contributed by atoms with van der Waals surface area (Å²) < 4.78 is 39.6. The molecule has 0 spiro atoms. The summed E-state index contributed by atoms with van der Waals surface area (Å²) in [5.41, 5.74) is 2.21. The Labute approximate surface area is 152 Å². The molecule has 1 heterocycles. The van der Waals surface area contributed by atoms with E-state index in [-0.39, 0.29) is 23.5 Å². The van der Waals surface area contributed by atoms with Gasteiger partial charge in [-0.25, -0.2) is 17.5 Å². The summed E-state index contributed by atoms with van der Waals surface area (Å²) in [4.78, 5) is 0. The fourth-order valence-corrected chi connectivity index (χ4v) is 4.36. The summed E-state index contributed by atoms with van der Waals surface area (Å²) >= 11 is 0. The van der Waals surface area contributed by atoms with Crippen LogP contribution in [0.25, 0.3) is 11.3 Å². The van der Waals surface area contributed by atoms with Gasteiger partial charge in [-0.05, 0) is 44.7 Å². The van der Waals surface area contributed by atoms with E-state index in [0.717, 1.165) is 18.5 Å². The average Bonchev–Trinajstić information content (AvgIpc) is 3.06. The second kappa shape index (κ2) is 7.56. The Morgan fingerprint density at radius 1 is 1.35 bits per heavy atom. The van der Waals surface area contributed by atoms with Crippen LogP contribution in [0.4, 0.5) is 4.39 Å². The maximum atomic E-state index is 13.5. The Hall–Kier alpha value is -2.24. The first kappa shape index (κ1) is 18.5. The highest BCUT2D eigenvalue weighted by molar-refractivity contribution is 7.89. The highest BCUT2D eigenvalue weighted by atomic mass is 32.2. The highest BCUT2D eigenvalue weighted by Gasteiger charge is 2.29. The first-order valence-corrected chi connectivity index (χ1v) is 10.3. The van der Waals surface area contributed by atoms with Crippen molar-refractivity contribution in [2.24, 2.45) is 0 Å². The Morgan fingerprint density at radius 2 is 2.08 bits per heavy atom.